The van der Waals surface area contributed by atoms with Gasteiger partial charge in [-0.05, 0) is 12.8 Å². The first-order valence-electron chi connectivity index (χ1n) is 6.45. The van der Waals surface area contributed by atoms with E-state index in [2.05, 4.69) is 0 Å². The number of aromatic nitrogens is 1. The molecule has 0 aromatic carbocycles. The molecule has 112 valence electrons. The average Bonchev–Trinajstić information content (AvgIpc) is 2.39. The van der Waals surface area contributed by atoms with E-state index in [1.54, 1.807) is 0 Å². The molecule has 6 nitrogen and oxygen atoms in total. The molecule has 1 aromatic heterocycles. The molecule has 0 aliphatic heterocycles. The highest BCUT2D eigenvalue weighted by Crippen LogP contribution is 2.24. The van der Waals surface area contributed by atoms with Crippen molar-refractivity contribution in [1.29, 1.82) is 0 Å². The van der Waals surface area contributed by atoms with Gasteiger partial charge < -0.3 is 0 Å². The van der Waals surface area contributed by atoms with Crippen LogP contribution in [-0.2, 0) is 11.3 Å². The summed E-state index contributed by atoms with van der Waals surface area (Å²) in [6.45, 7) is 0.547. The van der Waals surface area contributed by atoms with Crippen molar-refractivity contribution >= 4 is 5.78 Å². The van der Waals surface area contributed by atoms with E-state index in [1.165, 1.54) is 19.3 Å². The van der Waals surface area contributed by atoms with Crippen molar-refractivity contribution in [2.45, 2.75) is 38.6 Å². The first kappa shape index (κ1) is 17.0. The van der Waals surface area contributed by atoms with Gasteiger partial charge in [0, 0.05) is 18.1 Å². The zero-order valence-corrected chi connectivity index (χ0v) is 11.8. The zero-order chi connectivity index (χ0) is 15.0. The number of ketones is 1. The van der Waals surface area contributed by atoms with E-state index >= 15 is 0 Å². The Morgan fingerprint density at radius 3 is 2.00 bits per heavy atom. The fourth-order valence-electron chi connectivity index (χ4n) is 2.27. The number of carbonyl (C=O) groups is 1. The Bertz CT molecular complexity index is 395. The van der Waals surface area contributed by atoms with Crippen LogP contribution in [0.25, 0.3) is 0 Å². The van der Waals surface area contributed by atoms with Crippen LogP contribution in [0.1, 0.15) is 32.1 Å². The Morgan fingerprint density at radius 2 is 1.50 bits per heavy atom. The molecule has 1 heterocycles. The molecule has 1 aliphatic rings. The molecule has 1 fully saturated rings. The number of rotatable bonds is 3. The molecule has 7 heteroatoms. The average molecular weight is 304 g/mol. The van der Waals surface area contributed by atoms with Crippen LogP contribution in [0.2, 0.25) is 0 Å². The van der Waals surface area contributed by atoms with E-state index in [4.69, 9.17) is 18.6 Å². The molecule has 1 aliphatic carbocycles. The zero-order valence-electron chi connectivity index (χ0n) is 11.1. The summed E-state index contributed by atoms with van der Waals surface area (Å²) in [6, 6.07) is 5.91. The van der Waals surface area contributed by atoms with Crippen molar-refractivity contribution < 1.29 is 38.2 Å². The fraction of sp³-hybridized carbons (Fsp3) is 0.538. The van der Waals surface area contributed by atoms with Crippen LogP contribution in [0.5, 0.6) is 0 Å². The van der Waals surface area contributed by atoms with Gasteiger partial charge in [-0.3, -0.25) is 4.79 Å². The van der Waals surface area contributed by atoms with Crippen molar-refractivity contribution in [1.82, 2.24) is 0 Å². The highest BCUT2D eigenvalue weighted by atomic mass is 35.7. The molecule has 1 saturated carbocycles. The molecule has 0 amide bonds. The number of hydrogen-bond acceptors (Lipinski definition) is 5. The number of nitrogens with zero attached hydrogens (tertiary/aromatic N) is 1. The first-order chi connectivity index (χ1) is 9.36. The molecule has 1 aromatic rings. The van der Waals surface area contributed by atoms with Crippen molar-refractivity contribution in [2.75, 3.05) is 0 Å². The molecule has 0 unspecified atom stereocenters. The maximum Gasteiger partial charge on any atom is 0.206 e. The lowest BCUT2D eigenvalue weighted by Crippen LogP contribution is -2.68. The quantitative estimate of drug-likeness (QED) is 0.567. The Labute approximate surface area is 120 Å². The minimum atomic E-state index is -4.94. The normalized spacial score (nSPS) is 16.2. The predicted molar refractivity (Wildman–Crippen MR) is 58.2 cm³/mol. The van der Waals surface area contributed by atoms with Gasteiger partial charge in [0.1, 0.15) is 0 Å². The van der Waals surface area contributed by atoms with Crippen LogP contribution in [-0.4, -0.2) is 5.78 Å². The van der Waals surface area contributed by atoms with Crippen LogP contribution in [0.15, 0.2) is 30.6 Å². The number of halogens is 1. The van der Waals surface area contributed by atoms with Gasteiger partial charge in [-0.25, -0.2) is 18.6 Å². The third kappa shape index (κ3) is 8.19. The molecular formula is C13H18ClNO5. The smallest absolute Gasteiger partial charge is 0.206 e. The number of pyridine rings is 1. The maximum atomic E-state index is 11.9. The van der Waals surface area contributed by atoms with Gasteiger partial charge in [-0.1, -0.05) is 25.3 Å². The molecule has 0 atom stereocenters. The number of hydrogen-bond donors (Lipinski definition) is 0. The van der Waals surface area contributed by atoms with Crippen molar-refractivity contribution in [2.24, 2.45) is 5.92 Å². The molecule has 0 radical (unpaired) electrons. The van der Waals surface area contributed by atoms with E-state index in [-0.39, 0.29) is 0 Å². The lowest BCUT2D eigenvalue weighted by molar-refractivity contribution is -2.00. The van der Waals surface area contributed by atoms with E-state index in [0.29, 0.717) is 18.2 Å². The Morgan fingerprint density at radius 1 is 1.00 bits per heavy atom. The second-order valence-corrected chi connectivity index (χ2v) is 5.48. The van der Waals surface area contributed by atoms with Crippen LogP contribution in [0, 0.1) is 16.2 Å². The van der Waals surface area contributed by atoms with Crippen molar-refractivity contribution in [3.8, 4) is 0 Å². The maximum absolute atomic E-state index is 11.9. The van der Waals surface area contributed by atoms with Crippen molar-refractivity contribution in [3.63, 3.8) is 0 Å². The fourth-order valence-corrected chi connectivity index (χ4v) is 2.27. The summed E-state index contributed by atoms with van der Waals surface area (Å²) >= 11 is 0. The first-order valence-corrected chi connectivity index (χ1v) is 7.68. The molecule has 2 rings (SSSR count). The topological polar surface area (TPSA) is 113 Å². The standard InChI is InChI=1S/C13H18NO.ClHO4/c15-13(12-7-3-1-4-8-12)11-14-9-5-2-6-10-14;2-1(3,4)5/h2,5-6,9-10,12H,1,3-4,7-8,11H2;(H,2,3,4,5)/q+1;/p-1. The molecule has 0 spiro atoms. The highest BCUT2D eigenvalue weighted by Gasteiger charge is 2.23. The van der Waals surface area contributed by atoms with Gasteiger partial charge in [0.05, 0.1) is 0 Å². The summed E-state index contributed by atoms with van der Waals surface area (Å²) in [5, 5.41) is 0. The Kier molecular flexibility index (Phi) is 7.04. The van der Waals surface area contributed by atoms with Crippen LogP contribution in [0.3, 0.4) is 0 Å². The van der Waals surface area contributed by atoms with Gasteiger partial charge in [-0.2, -0.15) is 4.57 Å². The summed E-state index contributed by atoms with van der Waals surface area (Å²) in [7, 11) is -4.94. The Balaban J connectivity index is 0.000000347. The predicted octanol–water partition coefficient (Wildman–Crippen LogP) is -2.63. The summed E-state index contributed by atoms with van der Waals surface area (Å²) in [5.41, 5.74) is 0. The molecule has 0 N–H and O–H groups in total. The summed E-state index contributed by atoms with van der Waals surface area (Å²) < 4.78 is 35.9. The second-order valence-electron chi connectivity index (χ2n) is 4.73. The Hall–Kier alpha value is -1.05. The highest BCUT2D eigenvalue weighted by molar-refractivity contribution is 5.79. The monoisotopic (exact) mass is 303 g/mol. The van der Waals surface area contributed by atoms with E-state index in [1.807, 2.05) is 35.2 Å². The lowest BCUT2D eigenvalue weighted by Gasteiger charge is -2.18. The molecular weight excluding hydrogens is 286 g/mol. The molecule has 0 bridgehead atoms. The van der Waals surface area contributed by atoms with Gasteiger partial charge in [0.2, 0.25) is 6.54 Å². The van der Waals surface area contributed by atoms with Crippen LogP contribution in [0.4, 0.5) is 0 Å². The minimum absolute atomic E-state index is 0.325. The van der Waals surface area contributed by atoms with Gasteiger partial charge in [-0.15, -0.1) is 10.2 Å². The van der Waals surface area contributed by atoms with E-state index in [0.717, 1.165) is 12.8 Å². The van der Waals surface area contributed by atoms with Gasteiger partial charge >= 0.3 is 0 Å². The van der Waals surface area contributed by atoms with Crippen LogP contribution < -0.4 is 23.2 Å². The molecule has 20 heavy (non-hydrogen) atoms. The molecule has 0 saturated heterocycles. The van der Waals surface area contributed by atoms with E-state index in [9.17, 15) is 4.79 Å². The number of carbonyl (C=O) groups excluding carboxylic acids is 1. The summed E-state index contributed by atoms with van der Waals surface area (Å²) in [5.74, 6) is 0.734. The number of Topliss-reactive ketones (excluding diaryl/α,β-unsaturated/α-hetero) is 1. The van der Waals surface area contributed by atoms with Crippen molar-refractivity contribution in [3.05, 3.63) is 30.6 Å². The lowest BCUT2D eigenvalue weighted by atomic mass is 9.86. The third-order valence-electron chi connectivity index (χ3n) is 3.18. The van der Waals surface area contributed by atoms with Gasteiger partial charge in [0.25, 0.3) is 0 Å². The SMILES string of the molecule is O=C(C[n+]1ccccc1)C1CCCCC1.[O-][Cl+3]([O-])([O-])[O-]. The minimum Gasteiger partial charge on any atom is -0.292 e. The summed E-state index contributed by atoms with van der Waals surface area (Å²) in [4.78, 5) is 11.9. The largest absolute Gasteiger partial charge is 0.292 e. The second kappa shape index (κ2) is 8.28. The third-order valence-corrected chi connectivity index (χ3v) is 3.18. The van der Waals surface area contributed by atoms with E-state index < -0.39 is 10.2 Å². The van der Waals surface area contributed by atoms with Gasteiger partial charge in [0.15, 0.2) is 18.2 Å². The van der Waals surface area contributed by atoms with Crippen LogP contribution >= 0.6 is 0 Å². The summed E-state index contributed by atoms with van der Waals surface area (Å²) in [6.07, 6.45) is 9.90.